The van der Waals surface area contributed by atoms with Gasteiger partial charge in [0.1, 0.15) is 0 Å². The average Bonchev–Trinajstić information content (AvgIpc) is 2.42. The molecule has 21 heavy (non-hydrogen) atoms. The van der Waals surface area contributed by atoms with Gasteiger partial charge in [-0.15, -0.1) is 0 Å². The van der Waals surface area contributed by atoms with Gasteiger partial charge in [0.15, 0.2) is 0 Å². The molecule has 118 valence electrons. The molecule has 0 radical (unpaired) electrons. The minimum absolute atomic E-state index is 0.286. The van der Waals surface area contributed by atoms with Crippen LogP contribution in [0.3, 0.4) is 0 Å². The molecule has 0 saturated heterocycles. The highest BCUT2D eigenvalue weighted by Gasteiger charge is 2.36. The Kier molecular flexibility index (Phi) is 5.96. The van der Waals surface area contributed by atoms with E-state index in [0.717, 1.165) is 19.0 Å². The van der Waals surface area contributed by atoms with Crippen molar-refractivity contribution in [2.24, 2.45) is 5.92 Å². The van der Waals surface area contributed by atoms with E-state index in [1.807, 2.05) is 18.2 Å². The molecule has 2 rings (SSSR count). The van der Waals surface area contributed by atoms with Crippen LogP contribution in [-0.2, 0) is 6.54 Å². The van der Waals surface area contributed by atoms with Crippen molar-refractivity contribution in [3.63, 3.8) is 0 Å². The lowest BCUT2D eigenvalue weighted by molar-refractivity contribution is 0.0749. The topological polar surface area (TPSA) is 15.3 Å². The van der Waals surface area contributed by atoms with E-state index in [9.17, 15) is 0 Å². The maximum Gasteiger partial charge on any atom is 0.0595 e. The summed E-state index contributed by atoms with van der Waals surface area (Å²) in [4.78, 5) is 2.41. The van der Waals surface area contributed by atoms with Crippen LogP contribution in [0.5, 0.6) is 0 Å². The molecule has 0 aromatic heterocycles. The molecular formula is C17H26Cl2N2. The number of hydrogen-bond donors (Lipinski definition) is 1. The van der Waals surface area contributed by atoms with Crippen molar-refractivity contribution >= 4 is 23.2 Å². The Hall–Kier alpha value is -0.280. The molecule has 2 unspecified atom stereocenters. The van der Waals surface area contributed by atoms with E-state index in [-0.39, 0.29) is 5.54 Å². The maximum atomic E-state index is 6.07. The fraction of sp³-hybridized carbons (Fsp3) is 0.647. The number of nitrogens with one attached hydrogen (secondary N) is 1. The molecule has 1 saturated carbocycles. The summed E-state index contributed by atoms with van der Waals surface area (Å²) in [6.07, 6.45) is 5.24. The average molecular weight is 329 g/mol. The summed E-state index contributed by atoms with van der Waals surface area (Å²) in [5.41, 5.74) is 1.47. The van der Waals surface area contributed by atoms with Crippen molar-refractivity contribution in [3.8, 4) is 0 Å². The van der Waals surface area contributed by atoms with E-state index in [1.165, 1.54) is 31.2 Å². The zero-order valence-corrected chi connectivity index (χ0v) is 14.8. The van der Waals surface area contributed by atoms with Gasteiger partial charge in [0.25, 0.3) is 0 Å². The predicted molar refractivity (Wildman–Crippen MR) is 92.2 cm³/mol. The highest BCUT2D eigenvalue weighted by atomic mass is 35.5. The molecule has 0 aliphatic heterocycles. The van der Waals surface area contributed by atoms with Crippen molar-refractivity contribution in [1.82, 2.24) is 10.2 Å². The molecule has 1 aliphatic carbocycles. The van der Waals surface area contributed by atoms with Crippen molar-refractivity contribution in [3.05, 3.63) is 33.8 Å². The second-order valence-electron chi connectivity index (χ2n) is 6.67. The van der Waals surface area contributed by atoms with Gasteiger partial charge in [-0.05, 0) is 50.6 Å². The second kappa shape index (κ2) is 7.32. The Morgan fingerprint density at radius 2 is 2.05 bits per heavy atom. The molecule has 2 atom stereocenters. The van der Waals surface area contributed by atoms with Crippen LogP contribution in [0.2, 0.25) is 10.0 Å². The van der Waals surface area contributed by atoms with Gasteiger partial charge in [0, 0.05) is 18.6 Å². The molecule has 0 amide bonds. The fourth-order valence-electron chi connectivity index (χ4n) is 3.45. The largest absolute Gasteiger partial charge is 0.311 e. The van der Waals surface area contributed by atoms with Gasteiger partial charge >= 0.3 is 0 Å². The van der Waals surface area contributed by atoms with Gasteiger partial charge < -0.3 is 10.2 Å². The third-order valence-corrected chi connectivity index (χ3v) is 5.52. The van der Waals surface area contributed by atoms with Crippen LogP contribution in [-0.4, -0.2) is 31.1 Å². The number of benzene rings is 1. The molecule has 1 aliphatic rings. The van der Waals surface area contributed by atoms with E-state index < -0.39 is 0 Å². The first-order valence-corrected chi connectivity index (χ1v) is 8.51. The quantitative estimate of drug-likeness (QED) is 0.850. The molecule has 1 fully saturated rings. The molecule has 1 N–H and O–H groups in total. The lowest BCUT2D eigenvalue weighted by atomic mass is 9.75. The summed E-state index contributed by atoms with van der Waals surface area (Å²) in [6.45, 7) is 4.22. The first-order valence-electron chi connectivity index (χ1n) is 7.75. The van der Waals surface area contributed by atoms with E-state index in [1.54, 1.807) is 0 Å². The molecule has 1 aromatic rings. The minimum Gasteiger partial charge on any atom is -0.311 e. The van der Waals surface area contributed by atoms with E-state index in [2.05, 4.69) is 31.2 Å². The summed E-state index contributed by atoms with van der Waals surface area (Å²) < 4.78 is 0. The predicted octanol–water partition coefficient (Wildman–Crippen LogP) is 4.59. The van der Waals surface area contributed by atoms with Crippen LogP contribution in [0, 0.1) is 5.92 Å². The second-order valence-corrected chi connectivity index (χ2v) is 7.49. The number of halogens is 2. The van der Waals surface area contributed by atoms with Crippen LogP contribution in [0.15, 0.2) is 18.2 Å². The van der Waals surface area contributed by atoms with Gasteiger partial charge in [-0.1, -0.05) is 49.0 Å². The minimum atomic E-state index is 0.286. The normalized spacial score (nSPS) is 26.3. The molecule has 2 nitrogen and oxygen atoms in total. The van der Waals surface area contributed by atoms with Crippen molar-refractivity contribution in [2.75, 3.05) is 20.6 Å². The first-order chi connectivity index (χ1) is 9.93. The highest BCUT2D eigenvalue weighted by molar-refractivity contribution is 6.42. The van der Waals surface area contributed by atoms with Crippen LogP contribution >= 0.6 is 23.2 Å². The van der Waals surface area contributed by atoms with E-state index in [4.69, 9.17) is 23.2 Å². The Bertz CT molecular complexity index is 476. The lowest BCUT2D eigenvalue weighted by Crippen LogP contribution is -2.54. The van der Waals surface area contributed by atoms with Gasteiger partial charge in [-0.25, -0.2) is 0 Å². The molecule has 1 aromatic carbocycles. The fourth-order valence-corrected chi connectivity index (χ4v) is 3.77. The molecule has 0 bridgehead atoms. The molecule has 0 heterocycles. The summed E-state index contributed by atoms with van der Waals surface area (Å²) >= 11 is 12.0. The zero-order valence-electron chi connectivity index (χ0n) is 13.3. The number of nitrogens with zero attached hydrogens (tertiary/aromatic N) is 1. The van der Waals surface area contributed by atoms with Crippen molar-refractivity contribution in [1.29, 1.82) is 0 Å². The first kappa shape index (κ1) is 17.1. The van der Waals surface area contributed by atoms with E-state index in [0.29, 0.717) is 10.0 Å². The smallest absolute Gasteiger partial charge is 0.0595 e. The summed E-state index contributed by atoms with van der Waals surface area (Å²) in [5, 5.41) is 4.86. The third kappa shape index (κ3) is 4.35. The summed E-state index contributed by atoms with van der Waals surface area (Å²) in [5.74, 6) is 0.813. The Morgan fingerprint density at radius 1 is 1.29 bits per heavy atom. The van der Waals surface area contributed by atoms with Crippen LogP contribution in [0.1, 0.15) is 38.2 Å². The van der Waals surface area contributed by atoms with Crippen molar-refractivity contribution in [2.45, 2.75) is 44.7 Å². The summed E-state index contributed by atoms with van der Waals surface area (Å²) in [6, 6.07) is 5.85. The number of hydrogen-bond acceptors (Lipinski definition) is 2. The van der Waals surface area contributed by atoms with Crippen LogP contribution in [0.4, 0.5) is 0 Å². The van der Waals surface area contributed by atoms with Crippen LogP contribution in [0.25, 0.3) is 0 Å². The van der Waals surface area contributed by atoms with Crippen molar-refractivity contribution < 1.29 is 0 Å². The standard InChI is InChI=1S/C17H26Cl2N2/c1-13-5-4-8-17(10-13,21(2)3)12-20-11-14-6-7-15(18)16(19)9-14/h6-7,9,13,20H,4-5,8,10-12H2,1-3H3. The van der Waals surface area contributed by atoms with Gasteiger partial charge in [0.05, 0.1) is 10.0 Å². The van der Waals surface area contributed by atoms with Gasteiger partial charge in [0.2, 0.25) is 0 Å². The van der Waals surface area contributed by atoms with E-state index >= 15 is 0 Å². The molecular weight excluding hydrogens is 303 g/mol. The van der Waals surface area contributed by atoms with Gasteiger partial charge in [-0.3, -0.25) is 0 Å². The monoisotopic (exact) mass is 328 g/mol. The summed E-state index contributed by atoms with van der Waals surface area (Å²) in [7, 11) is 4.41. The Morgan fingerprint density at radius 3 is 2.67 bits per heavy atom. The lowest BCUT2D eigenvalue weighted by Gasteiger charge is -2.45. The Labute approximate surface area is 138 Å². The SMILES string of the molecule is CC1CCCC(CNCc2ccc(Cl)c(Cl)c2)(N(C)C)C1. The number of likely N-dealkylation sites (N-methyl/N-ethyl adjacent to an activating group) is 1. The maximum absolute atomic E-state index is 6.07. The third-order valence-electron chi connectivity index (χ3n) is 4.78. The Balaban J connectivity index is 1.94. The zero-order chi connectivity index (χ0) is 15.5. The number of rotatable bonds is 5. The molecule has 0 spiro atoms. The molecule has 4 heteroatoms. The highest BCUT2D eigenvalue weighted by Crippen LogP contribution is 2.35. The van der Waals surface area contributed by atoms with Gasteiger partial charge in [-0.2, -0.15) is 0 Å². The van der Waals surface area contributed by atoms with Crippen LogP contribution < -0.4 is 5.32 Å².